The van der Waals surface area contributed by atoms with Crippen molar-refractivity contribution in [2.45, 2.75) is 18.9 Å². The van der Waals surface area contributed by atoms with E-state index in [-0.39, 0.29) is 10.9 Å². The fraction of sp³-hybridized carbons (Fsp3) is 0.600. The van der Waals surface area contributed by atoms with Crippen LogP contribution in [0.2, 0.25) is 0 Å². The quantitative estimate of drug-likeness (QED) is 0.564. The van der Waals surface area contributed by atoms with Gasteiger partial charge in [-0.25, -0.2) is 10.9 Å². The second-order valence-electron chi connectivity index (χ2n) is 3.37. The molecule has 0 N–H and O–H groups in total. The van der Waals surface area contributed by atoms with Crippen molar-refractivity contribution >= 4 is 22.5 Å². The maximum absolute atomic E-state index is 5.74. The van der Waals surface area contributed by atoms with E-state index in [2.05, 4.69) is 17.6 Å². The Morgan fingerprint density at radius 2 is 2.46 bits per heavy atom. The van der Waals surface area contributed by atoms with E-state index in [1.807, 2.05) is 0 Å². The molecule has 1 saturated heterocycles. The molecule has 2 aliphatic rings. The van der Waals surface area contributed by atoms with Crippen LogP contribution in [0.1, 0.15) is 12.8 Å². The maximum atomic E-state index is 5.74. The van der Waals surface area contributed by atoms with E-state index >= 15 is 0 Å². The Morgan fingerprint density at radius 1 is 1.62 bits per heavy atom. The summed E-state index contributed by atoms with van der Waals surface area (Å²) >= 11 is 5.74. The minimum Gasteiger partial charge on any atom is -0.377 e. The summed E-state index contributed by atoms with van der Waals surface area (Å²) in [4.78, 5) is 1.54. The van der Waals surface area contributed by atoms with Gasteiger partial charge in [-0.15, -0.1) is 11.6 Å². The lowest BCUT2D eigenvalue weighted by Gasteiger charge is -2.30. The van der Waals surface area contributed by atoms with Gasteiger partial charge in [0.15, 0.2) is 0 Å². The predicted octanol–water partition coefficient (Wildman–Crippen LogP) is 2.82. The molecule has 74 valence electrons. The number of thiol groups is 1. The first-order valence-electron chi connectivity index (χ1n) is 4.72. The Hall–Kier alpha value is 0.0800. The smallest absolute Gasteiger partial charge is 0.0676 e. The van der Waals surface area contributed by atoms with Crippen LogP contribution in [0.3, 0.4) is 0 Å². The molecule has 0 spiro atoms. The second kappa shape index (κ2) is 4.54. The van der Waals surface area contributed by atoms with Crippen molar-refractivity contribution in [3.63, 3.8) is 0 Å². The van der Waals surface area contributed by atoms with E-state index in [0.717, 1.165) is 18.9 Å². The number of hydrogen-bond acceptors (Lipinski definition) is 1. The average molecular weight is 219 g/mol. The van der Waals surface area contributed by atoms with Gasteiger partial charge in [-0.05, 0) is 23.2 Å². The first kappa shape index (κ1) is 9.63. The zero-order valence-corrected chi connectivity index (χ0v) is 9.23. The molecule has 0 aromatic heterocycles. The minimum absolute atomic E-state index is 0.0373. The molecular weight excluding hydrogens is 204 g/mol. The highest BCUT2D eigenvalue weighted by Crippen LogP contribution is 2.44. The van der Waals surface area contributed by atoms with Gasteiger partial charge in [-0.1, -0.05) is 12.2 Å². The van der Waals surface area contributed by atoms with Gasteiger partial charge in [-0.2, -0.15) is 0 Å². The molecule has 2 heterocycles. The average Bonchev–Trinajstić information content (AvgIpc) is 2.46. The van der Waals surface area contributed by atoms with Gasteiger partial charge in [0.2, 0.25) is 0 Å². The highest BCUT2D eigenvalue weighted by Gasteiger charge is 2.22. The molecule has 2 aliphatic heterocycles. The Bertz CT molecular complexity index is 233. The Labute approximate surface area is 87.1 Å². The lowest BCUT2D eigenvalue weighted by molar-refractivity contribution is -0.0344. The van der Waals surface area contributed by atoms with Crippen LogP contribution in [-0.2, 0) is 4.74 Å². The number of hydrogen-bond donors (Lipinski definition) is 1. The molecule has 2 unspecified atom stereocenters. The van der Waals surface area contributed by atoms with Crippen molar-refractivity contribution in [2.75, 3.05) is 18.2 Å². The molecule has 3 heteroatoms. The molecule has 2 atom stereocenters. The van der Waals surface area contributed by atoms with Gasteiger partial charge >= 0.3 is 0 Å². The van der Waals surface area contributed by atoms with E-state index in [0.29, 0.717) is 6.10 Å². The molecule has 2 rings (SSSR count). The lowest BCUT2D eigenvalue weighted by Crippen LogP contribution is -2.29. The summed E-state index contributed by atoms with van der Waals surface area (Å²) in [6.45, 7) is 0.964. The van der Waals surface area contributed by atoms with Gasteiger partial charge < -0.3 is 4.74 Å². The van der Waals surface area contributed by atoms with Crippen molar-refractivity contribution in [3.8, 4) is 0 Å². The highest BCUT2D eigenvalue weighted by molar-refractivity contribution is 8.23. The van der Waals surface area contributed by atoms with Crippen molar-refractivity contribution in [2.24, 2.45) is 0 Å². The standard InChI is InChI=1S/C10H15ClOS/c11-5-3-10-2-1-7-13(10)8-9-4-6-12-9/h1-2,7,9,13H,3-6,8H2. The molecule has 0 bridgehead atoms. The van der Waals surface area contributed by atoms with Crippen molar-refractivity contribution in [1.29, 1.82) is 0 Å². The van der Waals surface area contributed by atoms with Gasteiger partial charge in [0.1, 0.15) is 0 Å². The fourth-order valence-electron chi connectivity index (χ4n) is 1.60. The molecule has 0 radical (unpaired) electrons. The summed E-state index contributed by atoms with van der Waals surface area (Å²) in [5, 5.41) is 2.33. The van der Waals surface area contributed by atoms with E-state index in [9.17, 15) is 0 Å². The number of alkyl halides is 1. The predicted molar refractivity (Wildman–Crippen MR) is 60.8 cm³/mol. The van der Waals surface area contributed by atoms with Crippen LogP contribution in [0.25, 0.3) is 0 Å². The maximum Gasteiger partial charge on any atom is 0.0676 e. The Morgan fingerprint density at radius 3 is 3.08 bits per heavy atom. The largest absolute Gasteiger partial charge is 0.377 e. The van der Waals surface area contributed by atoms with Crippen LogP contribution in [0.15, 0.2) is 22.5 Å². The molecule has 0 aromatic rings. The SMILES string of the molecule is ClCCC1=CC=C[SH]1CC1CCO1. The molecular formula is C10H15ClOS. The lowest BCUT2D eigenvalue weighted by atomic mass is 10.2. The van der Waals surface area contributed by atoms with Crippen molar-refractivity contribution in [3.05, 3.63) is 22.5 Å². The van der Waals surface area contributed by atoms with Crippen LogP contribution in [0.5, 0.6) is 0 Å². The Kier molecular flexibility index (Phi) is 3.36. The van der Waals surface area contributed by atoms with E-state index in [1.165, 1.54) is 12.2 Å². The molecule has 0 aliphatic carbocycles. The summed E-state index contributed by atoms with van der Waals surface area (Å²) in [7, 11) is -0.0373. The van der Waals surface area contributed by atoms with Gasteiger partial charge in [-0.3, -0.25) is 0 Å². The van der Waals surface area contributed by atoms with Crippen molar-refractivity contribution in [1.82, 2.24) is 0 Å². The third kappa shape index (κ3) is 2.30. The molecule has 0 amide bonds. The summed E-state index contributed by atoms with van der Waals surface area (Å²) in [6.07, 6.45) is 7.24. The van der Waals surface area contributed by atoms with Crippen molar-refractivity contribution < 1.29 is 4.74 Å². The zero-order chi connectivity index (χ0) is 9.10. The fourth-order valence-corrected chi connectivity index (χ4v) is 4.18. The number of rotatable bonds is 4. The van der Waals surface area contributed by atoms with Crippen LogP contribution in [0.4, 0.5) is 0 Å². The van der Waals surface area contributed by atoms with Crippen LogP contribution in [0, 0.1) is 0 Å². The van der Waals surface area contributed by atoms with E-state index in [1.54, 1.807) is 4.91 Å². The summed E-state index contributed by atoms with van der Waals surface area (Å²) < 4.78 is 5.44. The molecule has 13 heavy (non-hydrogen) atoms. The number of ether oxygens (including phenoxy) is 1. The third-order valence-electron chi connectivity index (χ3n) is 2.47. The molecule has 0 saturated carbocycles. The zero-order valence-electron chi connectivity index (χ0n) is 7.58. The number of allylic oxidation sites excluding steroid dienone is 3. The van der Waals surface area contributed by atoms with E-state index < -0.39 is 0 Å². The first-order chi connectivity index (χ1) is 6.40. The summed E-state index contributed by atoms with van der Waals surface area (Å²) in [6, 6.07) is 0. The molecule has 1 fully saturated rings. The molecule has 1 nitrogen and oxygen atoms in total. The van der Waals surface area contributed by atoms with Crippen LogP contribution in [-0.4, -0.2) is 24.3 Å². The normalized spacial score (nSPS) is 34.4. The highest BCUT2D eigenvalue weighted by atomic mass is 35.5. The van der Waals surface area contributed by atoms with Gasteiger partial charge in [0.05, 0.1) is 6.10 Å². The first-order valence-corrected chi connectivity index (χ1v) is 6.85. The van der Waals surface area contributed by atoms with Crippen LogP contribution >= 0.6 is 22.5 Å². The van der Waals surface area contributed by atoms with E-state index in [4.69, 9.17) is 16.3 Å². The van der Waals surface area contributed by atoms with Crippen LogP contribution < -0.4 is 0 Å². The summed E-state index contributed by atoms with van der Waals surface area (Å²) in [5.41, 5.74) is 0. The minimum atomic E-state index is -0.0373. The Balaban J connectivity index is 1.83. The van der Waals surface area contributed by atoms with Gasteiger partial charge in [0, 0.05) is 18.2 Å². The molecule has 0 aromatic carbocycles. The number of halogens is 1. The third-order valence-corrected chi connectivity index (χ3v) is 5.10. The second-order valence-corrected chi connectivity index (χ2v) is 5.93. The summed E-state index contributed by atoms with van der Waals surface area (Å²) in [5.74, 6) is 1.96. The monoisotopic (exact) mass is 218 g/mol. The van der Waals surface area contributed by atoms with Gasteiger partial charge in [0.25, 0.3) is 0 Å². The topological polar surface area (TPSA) is 9.23 Å².